The van der Waals surface area contributed by atoms with Gasteiger partial charge in [-0.15, -0.1) is 12.4 Å². The maximum atomic E-state index is 3.39. The SMILES string of the molecule is Cl.c1cc(C2CC2)ccc1CN1CCNCC1. The zero-order valence-corrected chi connectivity index (χ0v) is 11.0. The second-order valence-corrected chi connectivity index (χ2v) is 5.04. The molecule has 2 nitrogen and oxygen atoms in total. The summed E-state index contributed by atoms with van der Waals surface area (Å²) in [7, 11) is 0. The monoisotopic (exact) mass is 252 g/mol. The third-order valence-electron chi connectivity index (χ3n) is 3.64. The molecule has 0 bridgehead atoms. The molecule has 1 aliphatic heterocycles. The topological polar surface area (TPSA) is 15.3 Å². The molecule has 94 valence electrons. The van der Waals surface area contributed by atoms with E-state index in [2.05, 4.69) is 34.5 Å². The van der Waals surface area contributed by atoms with Gasteiger partial charge < -0.3 is 5.32 Å². The summed E-state index contributed by atoms with van der Waals surface area (Å²) in [5, 5.41) is 3.39. The van der Waals surface area contributed by atoms with Gasteiger partial charge in [-0.1, -0.05) is 24.3 Å². The van der Waals surface area contributed by atoms with Gasteiger partial charge in [0.15, 0.2) is 0 Å². The van der Waals surface area contributed by atoms with Crippen molar-refractivity contribution in [3.8, 4) is 0 Å². The Bertz CT molecular complexity index is 340. The fourth-order valence-electron chi connectivity index (χ4n) is 2.44. The number of hydrogen-bond donors (Lipinski definition) is 1. The second kappa shape index (κ2) is 5.85. The summed E-state index contributed by atoms with van der Waals surface area (Å²) < 4.78 is 0. The van der Waals surface area contributed by atoms with E-state index in [1.165, 1.54) is 31.5 Å². The Morgan fingerprint density at radius 1 is 1.06 bits per heavy atom. The number of nitrogens with zero attached hydrogens (tertiary/aromatic N) is 1. The molecular weight excluding hydrogens is 232 g/mol. The molecule has 1 saturated carbocycles. The van der Waals surface area contributed by atoms with Gasteiger partial charge in [0.1, 0.15) is 0 Å². The molecule has 2 fully saturated rings. The maximum Gasteiger partial charge on any atom is 0.0234 e. The Labute approximate surface area is 110 Å². The summed E-state index contributed by atoms with van der Waals surface area (Å²) in [5.41, 5.74) is 3.01. The van der Waals surface area contributed by atoms with Crippen LogP contribution in [0.3, 0.4) is 0 Å². The molecule has 17 heavy (non-hydrogen) atoms. The van der Waals surface area contributed by atoms with Crippen LogP contribution in [-0.4, -0.2) is 31.1 Å². The van der Waals surface area contributed by atoms with Crippen LogP contribution in [0, 0.1) is 0 Å². The average molecular weight is 253 g/mol. The van der Waals surface area contributed by atoms with E-state index in [0.717, 1.165) is 25.6 Å². The zero-order chi connectivity index (χ0) is 10.8. The van der Waals surface area contributed by atoms with E-state index < -0.39 is 0 Å². The predicted molar refractivity (Wildman–Crippen MR) is 73.8 cm³/mol. The van der Waals surface area contributed by atoms with Crippen molar-refractivity contribution in [1.29, 1.82) is 0 Å². The van der Waals surface area contributed by atoms with Crippen LogP contribution in [0.15, 0.2) is 24.3 Å². The van der Waals surface area contributed by atoms with Crippen molar-refractivity contribution in [2.75, 3.05) is 26.2 Å². The Morgan fingerprint density at radius 2 is 1.71 bits per heavy atom. The Morgan fingerprint density at radius 3 is 2.29 bits per heavy atom. The molecule has 1 aromatic rings. The van der Waals surface area contributed by atoms with Crippen LogP contribution in [-0.2, 0) is 6.54 Å². The minimum Gasteiger partial charge on any atom is -0.314 e. The quantitative estimate of drug-likeness (QED) is 0.889. The molecule has 0 atom stereocenters. The van der Waals surface area contributed by atoms with Crippen molar-refractivity contribution >= 4 is 12.4 Å². The van der Waals surface area contributed by atoms with Crippen LogP contribution in [0.1, 0.15) is 29.9 Å². The number of piperazine rings is 1. The lowest BCUT2D eigenvalue weighted by Crippen LogP contribution is -2.42. The molecule has 0 amide bonds. The smallest absolute Gasteiger partial charge is 0.0234 e. The first-order chi connectivity index (χ1) is 7.92. The molecule has 1 aliphatic carbocycles. The lowest BCUT2D eigenvalue weighted by molar-refractivity contribution is 0.233. The molecule has 0 aromatic heterocycles. The standard InChI is InChI=1S/C14H20N2.ClH/c1-3-13(14-5-6-14)4-2-12(1)11-16-9-7-15-8-10-16;/h1-4,14-15H,5-11H2;1H. The van der Waals surface area contributed by atoms with E-state index in [0.29, 0.717) is 0 Å². The first-order valence-electron chi connectivity index (χ1n) is 6.44. The predicted octanol–water partition coefficient (Wildman–Crippen LogP) is 2.39. The summed E-state index contributed by atoms with van der Waals surface area (Å²) in [4.78, 5) is 2.53. The van der Waals surface area contributed by atoms with Gasteiger partial charge in [-0.25, -0.2) is 0 Å². The van der Waals surface area contributed by atoms with Crippen molar-refractivity contribution in [1.82, 2.24) is 10.2 Å². The second-order valence-electron chi connectivity index (χ2n) is 5.04. The minimum absolute atomic E-state index is 0. The first-order valence-corrected chi connectivity index (χ1v) is 6.44. The molecule has 0 spiro atoms. The molecule has 3 heteroatoms. The van der Waals surface area contributed by atoms with Gasteiger partial charge in [-0.3, -0.25) is 4.90 Å². The molecule has 0 unspecified atom stereocenters. The molecule has 0 radical (unpaired) electrons. The maximum absolute atomic E-state index is 3.39. The Balaban J connectivity index is 0.00000108. The molecule has 2 aliphatic rings. The summed E-state index contributed by atoms with van der Waals surface area (Å²) in [6.07, 6.45) is 2.80. The zero-order valence-electron chi connectivity index (χ0n) is 10.2. The summed E-state index contributed by atoms with van der Waals surface area (Å²) in [6.45, 7) is 5.77. The molecule has 1 heterocycles. The average Bonchev–Trinajstić information content (AvgIpc) is 3.15. The number of rotatable bonds is 3. The van der Waals surface area contributed by atoms with E-state index >= 15 is 0 Å². The van der Waals surface area contributed by atoms with Crippen LogP contribution in [0.5, 0.6) is 0 Å². The molecular formula is C14H21ClN2. The van der Waals surface area contributed by atoms with Crippen molar-refractivity contribution in [3.63, 3.8) is 0 Å². The largest absolute Gasteiger partial charge is 0.314 e. The number of hydrogen-bond acceptors (Lipinski definition) is 2. The number of nitrogens with one attached hydrogen (secondary N) is 1. The summed E-state index contributed by atoms with van der Waals surface area (Å²) >= 11 is 0. The normalized spacial score (nSPS) is 20.9. The van der Waals surface area contributed by atoms with Gasteiger partial charge in [0, 0.05) is 32.7 Å². The molecule has 1 aromatic carbocycles. The van der Waals surface area contributed by atoms with Gasteiger partial charge in [-0.2, -0.15) is 0 Å². The van der Waals surface area contributed by atoms with E-state index in [4.69, 9.17) is 0 Å². The van der Waals surface area contributed by atoms with E-state index in [1.54, 1.807) is 5.56 Å². The van der Waals surface area contributed by atoms with Gasteiger partial charge in [-0.05, 0) is 29.9 Å². The van der Waals surface area contributed by atoms with Crippen molar-refractivity contribution in [3.05, 3.63) is 35.4 Å². The fourth-order valence-corrected chi connectivity index (χ4v) is 2.44. The van der Waals surface area contributed by atoms with Gasteiger partial charge in [0.2, 0.25) is 0 Å². The highest BCUT2D eigenvalue weighted by atomic mass is 35.5. The Hall–Kier alpha value is -0.570. The van der Waals surface area contributed by atoms with Gasteiger partial charge >= 0.3 is 0 Å². The van der Waals surface area contributed by atoms with E-state index in [9.17, 15) is 0 Å². The van der Waals surface area contributed by atoms with E-state index in [1.807, 2.05) is 0 Å². The van der Waals surface area contributed by atoms with Crippen LogP contribution in [0.4, 0.5) is 0 Å². The lowest BCUT2D eigenvalue weighted by atomic mass is 10.1. The van der Waals surface area contributed by atoms with Crippen LogP contribution >= 0.6 is 12.4 Å². The van der Waals surface area contributed by atoms with Gasteiger partial charge in [0.05, 0.1) is 0 Å². The lowest BCUT2D eigenvalue weighted by Gasteiger charge is -2.27. The van der Waals surface area contributed by atoms with Crippen molar-refractivity contribution in [2.24, 2.45) is 0 Å². The summed E-state index contributed by atoms with van der Waals surface area (Å²) in [5.74, 6) is 0.883. The third-order valence-corrected chi connectivity index (χ3v) is 3.64. The number of halogens is 1. The first kappa shape index (κ1) is 12.9. The third kappa shape index (κ3) is 3.44. The molecule has 3 rings (SSSR count). The number of benzene rings is 1. The van der Waals surface area contributed by atoms with Gasteiger partial charge in [0.25, 0.3) is 0 Å². The fraction of sp³-hybridized carbons (Fsp3) is 0.571. The Kier molecular flexibility index (Phi) is 4.43. The van der Waals surface area contributed by atoms with Crippen LogP contribution in [0.2, 0.25) is 0 Å². The van der Waals surface area contributed by atoms with Crippen LogP contribution < -0.4 is 5.32 Å². The minimum atomic E-state index is 0. The highest BCUT2D eigenvalue weighted by Crippen LogP contribution is 2.39. The highest BCUT2D eigenvalue weighted by Gasteiger charge is 2.23. The van der Waals surface area contributed by atoms with Crippen LogP contribution in [0.25, 0.3) is 0 Å². The summed E-state index contributed by atoms with van der Waals surface area (Å²) in [6, 6.07) is 9.29. The van der Waals surface area contributed by atoms with E-state index in [-0.39, 0.29) is 12.4 Å². The molecule has 1 saturated heterocycles. The van der Waals surface area contributed by atoms with Crippen molar-refractivity contribution < 1.29 is 0 Å². The highest BCUT2D eigenvalue weighted by molar-refractivity contribution is 5.85. The van der Waals surface area contributed by atoms with Crippen molar-refractivity contribution in [2.45, 2.75) is 25.3 Å². The molecule has 1 N–H and O–H groups in total.